The number of para-hydroxylation sites is 1. The Bertz CT molecular complexity index is 783. The van der Waals surface area contributed by atoms with Gasteiger partial charge in [0.1, 0.15) is 0 Å². The minimum Gasteiger partial charge on any atom is -0.385 e. The van der Waals surface area contributed by atoms with E-state index in [2.05, 4.69) is 73.4 Å². The van der Waals surface area contributed by atoms with Gasteiger partial charge in [-0.1, -0.05) is 50.2 Å². The van der Waals surface area contributed by atoms with Gasteiger partial charge in [-0.05, 0) is 53.4 Å². The molecule has 2 aliphatic heterocycles. The molecule has 24 heavy (non-hydrogen) atoms. The predicted molar refractivity (Wildman–Crippen MR) is 103 cm³/mol. The highest BCUT2D eigenvalue weighted by Gasteiger charge is 2.52. The van der Waals surface area contributed by atoms with E-state index in [1.165, 1.54) is 29.0 Å². The molecule has 1 saturated carbocycles. The van der Waals surface area contributed by atoms with Crippen LogP contribution in [0.15, 0.2) is 47.4 Å². The minimum absolute atomic E-state index is 0.640. The smallest absolute Gasteiger partial charge is 0.0408 e. The number of rotatable bonds is 1. The number of hydrogen-bond acceptors (Lipinski definition) is 2. The standard InChI is InChI=1S/C22H25NS/c1-13-14(2)22-20(16-9-3-4-11-18(16)24-22)19(13)17-10-5-7-15-8-6-12-23-21(15)17/h3-5,7,9-11,13-14,19-20,22-23H,6,8,12H2,1-2H3. The number of anilines is 1. The first kappa shape index (κ1) is 14.9. The van der Waals surface area contributed by atoms with Gasteiger partial charge in [-0.2, -0.15) is 0 Å². The quantitative estimate of drug-likeness (QED) is 0.720. The summed E-state index contributed by atoms with van der Waals surface area (Å²) in [5.74, 6) is 2.81. The Balaban J connectivity index is 1.65. The maximum atomic E-state index is 3.74. The molecule has 124 valence electrons. The van der Waals surface area contributed by atoms with E-state index >= 15 is 0 Å². The average molecular weight is 336 g/mol. The van der Waals surface area contributed by atoms with Gasteiger partial charge in [0, 0.05) is 28.3 Å². The summed E-state index contributed by atoms with van der Waals surface area (Å²) in [4.78, 5) is 1.52. The Morgan fingerprint density at radius 3 is 2.67 bits per heavy atom. The van der Waals surface area contributed by atoms with Crippen molar-refractivity contribution in [3.05, 3.63) is 59.2 Å². The molecular formula is C22H25NS. The van der Waals surface area contributed by atoms with Crippen molar-refractivity contribution in [3.8, 4) is 0 Å². The largest absolute Gasteiger partial charge is 0.385 e. The van der Waals surface area contributed by atoms with Crippen LogP contribution in [0.4, 0.5) is 5.69 Å². The molecule has 2 heteroatoms. The Morgan fingerprint density at radius 2 is 1.75 bits per heavy atom. The van der Waals surface area contributed by atoms with E-state index < -0.39 is 0 Å². The van der Waals surface area contributed by atoms with Crippen LogP contribution in [0, 0.1) is 11.8 Å². The summed E-state index contributed by atoms with van der Waals surface area (Å²) in [6.45, 7) is 6.09. The highest BCUT2D eigenvalue weighted by Crippen LogP contribution is 2.63. The summed E-state index contributed by atoms with van der Waals surface area (Å²) in [6, 6.07) is 16.1. The van der Waals surface area contributed by atoms with Crippen LogP contribution >= 0.6 is 11.8 Å². The number of nitrogens with one attached hydrogen (secondary N) is 1. The third-order valence-electron chi connectivity index (χ3n) is 6.66. The molecule has 1 N–H and O–H groups in total. The Labute approximate surface area is 149 Å². The first-order valence-electron chi connectivity index (χ1n) is 9.37. The van der Waals surface area contributed by atoms with Crippen molar-refractivity contribution in [2.45, 2.75) is 48.7 Å². The van der Waals surface area contributed by atoms with Gasteiger partial charge in [-0.3, -0.25) is 0 Å². The maximum Gasteiger partial charge on any atom is 0.0408 e. The van der Waals surface area contributed by atoms with Crippen LogP contribution in [0.3, 0.4) is 0 Å². The monoisotopic (exact) mass is 335 g/mol. The van der Waals surface area contributed by atoms with Crippen LogP contribution in [0.1, 0.15) is 48.8 Å². The summed E-state index contributed by atoms with van der Waals surface area (Å²) in [6.07, 6.45) is 2.49. The Kier molecular flexibility index (Phi) is 3.45. The van der Waals surface area contributed by atoms with Crippen LogP contribution in [-0.2, 0) is 6.42 Å². The van der Waals surface area contributed by atoms with Gasteiger partial charge in [0.2, 0.25) is 0 Å². The van der Waals surface area contributed by atoms with E-state index in [0.717, 1.165) is 23.6 Å². The van der Waals surface area contributed by atoms with E-state index in [4.69, 9.17) is 0 Å². The highest BCUT2D eigenvalue weighted by atomic mass is 32.2. The van der Waals surface area contributed by atoms with Crippen molar-refractivity contribution in [1.29, 1.82) is 0 Å². The molecule has 1 aliphatic carbocycles. The van der Waals surface area contributed by atoms with Crippen molar-refractivity contribution in [2.24, 2.45) is 11.8 Å². The maximum absolute atomic E-state index is 3.74. The molecule has 0 aromatic heterocycles. The lowest BCUT2D eigenvalue weighted by molar-refractivity contribution is 0.421. The molecule has 1 fully saturated rings. The molecular weight excluding hydrogens is 310 g/mol. The lowest BCUT2D eigenvalue weighted by atomic mass is 9.78. The van der Waals surface area contributed by atoms with Crippen molar-refractivity contribution < 1.29 is 0 Å². The fourth-order valence-electron chi connectivity index (χ4n) is 5.34. The molecule has 5 rings (SSSR count). The summed E-state index contributed by atoms with van der Waals surface area (Å²) in [5.41, 5.74) is 6.17. The minimum atomic E-state index is 0.640. The van der Waals surface area contributed by atoms with Crippen molar-refractivity contribution >= 4 is 17.4 Å². The van der Waals surface area contributed by atoms with Gasteiger partial charge in [0.25, 0.3) is 0 Å². The van der Waals surface area contributed by atoms with E-state index in [1.807, 2.05) is 0 Å². The lowest BCUT2D eigenvalue weighted by Gasteiger charge is -2.29. The third-order valence-corrected chi connectivity index (χ3v) is 8.28. The third kappa shape index (κ3) is 2.02. The van der Waals surface area contributed by atoms with Gasteiger partial charge in [-0.25, -0.2) is 0 Å². The Hall–Kier alpha value is -1.41. The van der Waals surface area contributed by atoms with E-state index in [-0.39, 0.29) is 0 Å². The van der Waals surface area contributed by atoms with Crippen molar-refractivity contribution in [2.75, 3.05) is 11.9 Å². The van der Waals surface area contributed by atoms with Crippen LogP contribution in [0.25, 0.3) is 0 Å². The molecule has 5 atom stereocenters. The highest BCUT2D eigenvalue weighted by molar-refractivity contribution is 8.00. The Morgan fingerprint density at radius 1 is 0.917 bits per heavy atom. The van der Waals surface area contributed by atoms with Gasteiger partial charge in [-0.15, -0.1) is 11.8 Å². The molecule has 2 aromatic carbocycles. The molecule has 5 unspecified atom stereocenters. The first-order valence-corrected chi connectivity index (χ1v) is 10.2. The van der Waals surface area contributed by atoms with Crippen LogP contribution in [0.2, 0.25) is 0 Å². The molecule has 2 aromatic rings. The molecule has 0 radical (unpaired) electrons. The predicted octanol–water partition coefficient (Wildman–Crippen LogP) is 5.67. The zero-order valence-electron chi connectivity index (χ0n) is 14.5. The molecule has 0 amide bonds. The lowest BCUT2D eigenvalue weighted by Crippen LogP contribution is -2.19. The second-order valence-corrected chi connectivity index (χ2v) is 9.02. The van der Waals surface area contributed by atoms with Gasteiger partial charge >= 0.3 is 0 Å². The first-order chi connectivity index (χ1) is 11.8. The number of hydrogen-bond donors (Lipinski definition) is 1. The fourth-order valence-corrected chi connectivity index (χ4v) is 7.05. The topological polar surface area (TPSA) is 12.0 Å². The second-order valence-electron chi connectivity index (χ2n) is 7.80. The number of thioether (sulfide) groups is 1. The van der Waals surface area contributed by atoms with Gasteiger partial charge in [0.15, 0.2) is 0 Å². The second kappa shape index (κ2) is 5.56. The summed E-state index contributed by atoms with van der Waals surface area (Å²) < 4.78 is 0. The summed E-state index contributed by atoms with van der Waals surface area (Å²) in [5, 5.41) is 4.48. The molecule has 0 bridgehead atoms. The molecule has 3 aliphatic rings. The zero-order valence-corrected chi connectivity index (χ0v) is 15.3. The van der Waals surface area contributed by atoms with Crippen LogP contribution in [0.5, 0.6) is 0 Å². The van der Waals surface area contributed by atoms with E-state index in [1.54, 1.807) is 11.1 Å². The van der Waals surface area contributed by atoms with Crippen LogP contribution in [-0.4, -0.2) is 11.8 Å². The van der Waals surface area contributed by atoms with E-state index in [9.17, 15) is 0 Å². The summed E-state index contributed by atoms with van der Waals surface area (Å²) in [7, 11) is 0. The molecule has 1 nitrogen and oxygen atoms in total. The van der Waals surface area contributed by atoms with Crippen molar-refractivity contribution in [1.82, 2.24) is 0 Å². The molecule has 0 saturated heterocycles. The number of aryl methyl sites for hydroxylation is 1. The average Bonchev–Trinajstić information content (AvgIpc) is 3.11. The van der Waals surface area contributed by atoms with E-state index in [0.29, 0.717) is 11.8 Å². The van der Waals surface area contributed by atoms with Crippen LogP contribution < -0.4 is 5.32 Å². The van der Waals surface area contributed by atoms with Crippen molar-refractivity contribution in [3.63, 3.8) is 0 Å². The van der Waals surface area contributed by atoms with Gasteiger partial charge in [0.05, 0.1) is 0 Å². The number of fused-ring (bicyclic) bond motifs is 4. The zero-order chi connectivity index (χ0) is 16.3. The molecule has 0 spiro atoms. The molecule has 2 heterocycles. The fraction of sp³-hybridized carbons (Fsp3) is 0.455. The normalized spacial score (nSPS) is 33.5. The van der Waals surface area contributed by atoms with Gasteiger partial charge < -0.3 is 5.32 Å². The summed E-state index contributed by atoms with van der Waals surface area (Å²) >= 11 is 2.13. The SMILES string of the molecule is CC1C(C)C(c2cccc3c2NCCC3)C2c3ccccc3SC12. The number of benzene rings is 2.